The maximum absolute atomic E-state index is 13.1. The lowest BCUT2D eigenvalue weighted by atomic mass is 9.76. The maximum Gasteiger partial charge on any atom is 0.159 e. The van der Waals surface area contributed by atoms with Gasteiger partial charge < -0.3 is 0 Å². The van der Waals surface area contributed by atoms with Crippen LogP contribution in [0.1, 0.15) is 64.0 Å². The van der Waals surface area contributed by atoms with Gasteiger partial charge in [0, 0.05) is 6.42 Å². The van der Waals surface area contributed by atoms with E-state index in [4.69, 9.17) is 0 Å². The molecule has 1 nitrogen and oxygen atoms in total. The summed E-state index contributed by atoms with van der Waals surface area (Å²) in [5.74, 6) is 1.29. The lowest BCUT2D eigenvalue weighted by molar-refractivity contribution is -0.116. The van der Waals surface area contributed by atoms with Crippen LogP contribution in [0, 0.1) is 11.8 Å². The van der Waals surface area contributed by atoms with E-state index in [9.17, 15) is 4.79 Å². The van der Waals surface area contributed by atoms with Gasteiger partial charge in [-0.1, -0.05) is 88.1 Å². The Morgan fingerprint density at radius 3 is 2.40 bits per heavy atom. The summed E-state index contributed by atoms with van der Waals surface area (Å²) in [5, 5.41) is 2.49. The number of rotatable bonds is 8. The quantitative estimate of drug-likeness (QED) is 0.325. The first-order chi connectivity index (χ1) is 14.5. The number of fused-ring (bicyclic) bond motifs is 2. The van der Waals surface area contributed by atoms with Crippen molar-refractivity contribution in [3.63, 3.8) is 0 Å². The molecule has 2 aromatic carbocycles. The molecular weight excluding hydrogens is 364 g/mol. The monoisotopic (exact) mass is 398 g/mol. The Labute approximate surface area is 181 Å². The molecule has 2 atom stereocenters. The summed E-state index contributed by atoms with van der Waals surface area (Å²) >= 11 is 0. The van der Waals surface area contributed by atoms with Gasteiger partial charge >= 0.3 is 0 Å². The molecule has 0 amide bonds. The highest BCUT2D eigenvalue weighted by atomic mass is 16.1. The molecule has 1 aliphatic rings. The summed E-state index contributed by atoms with van der Waals surface area (Å²) in [7, 11) is 0. The van der Waals surface area contributed by atoms with Crippen molar-refractivity contribution >= 4 is 22.6 Å². The molecule has 30 heavy (non-hydrogen) atoms. The zero-order valence-corrected chi connectivity index (χ0v) is 18.8. The van der Waals surface area contributed by atoms with E-state index in [1.165, 1.54) is 27.5 Å². The first-order valence-electron chi connectivity index (χ1n) is 11.2. The molecular formula is C29H34O. The molecule has 0 fully saturated rings. The topological polar surface area (TPSA) is 17.1 Å². The van der Waals surface area contributed by atoms with Crippen LogP contribution in [0.15, 0.2) is 78.4 Å². The van der Waals surface area contributed by atoms with E-state index >= 15 is 0 Å². The summed E-state index contributed by atoms with van der Waals surface area (Å²) in [6.45, 7) is 12.5. The number of allylic oxidation sites excluding steroid dienone is 6. The number of hydrogen-bond acceptors (Lipinski definition) is 1. The number of hydrogen-bond donors (Lipinski definition) is 0. The number of ketones is 1. The van der Waals surface area contributed by atoms with Crippen LogP contribution in [-0.4, -0.2) is 5.78 Å². The van der Waals surface area contributed by atoms with Crippen LogP contribution in [0.25, 0.3) is 16.8 Å². The standard InChI is InChI=1S/C29H34O/c1-6-22(7-2)23(8-3)15-14-21(5)29(30)19-27-20(4)13-16-26-17-24-11-9-10-12-25(24)18-28(26)27/h8-18,20,22,27H,3,6-7,19H2,1-2,4-5H3. The Hall–Kier alpha value is -2.67. The van der Waals surface area contributed by atoms with Gasteiger partial charge in [-0.05, 0) is 76.6 Å². The number of carbonyl (C=O) groups excluding carboxylic acids is 1. The lowest BCUT2D eigenvalue weighted by Crippen LogP contribution is -2.17. The van der Waals surface area contributed by atoms with Gasteiger partial charge in [0.15, 0.2) is 5.78 Å². The van der Waals surface area contributed by atoms with Crippen LogP contribution < -0.4 is 0 Å². The van der Waals surface area contributed by atoms with Crippen LogP contribution in [0.3, 0.4) is 0 Å². The fourth-order valence-corrected chi connectivity index (χ4v) is 4.52. The van der Waals surface area contributed by atoms with Crippen molar-refractivity contribution in [2.45, 2.75) is 52.9 Å². The predicted octanol–water partition coefficient (Wildman–Crippen LogP) is 8.04. The molecule has 3 rings (SSSR count). The van der Waals surface area contributed by atoms with Gasteiger partial charge in [-0.3, -0.25) is 4.79 Å². The molecule has 2 aromatic rings. The predicted molar refractivity (Wildman–Crippen MR) is 131 cm³/mol. The average Bonchev–Trinajstić information content (AvgIpc) is 2.77. The van der Waals surface area contributed by atoms with E-state index < -0.39 is 0 Å². The van der Waals surface area contributed by atoms with E-state index in [2.05, 4.69) is 82.0 Å². The van der Waals surface area contributed by atoms with E-state index in [1.54, 1.807) is 0 Å². The van der Waals surface area contributed by atoms with Crippen molar-refractivity contribution in [2.24, 2.45) is 11.8 Å². The fraction of sp³-hybridized carbons (Fsp3) is 0.345. The lowest BCUT2D eigenvalue weighted by Gasteiger charge is -2.27. The van der Waals surface area contributed by atoms with Gasteiger partial charge in [0.2, 0.25) is 0 Å². The van der Waals surface area contributed by atoms with E-state index in [1.807, 2.05) is 19.1 Å². The molecule has 0 bridgehead atoms. The van der Waals surface area contributed by atoms with E-state index in [-0.39, 0.29) is 11.7 Å². The third-order valence-electron chi connectivity index (χ3n) is 6.63. The zero-order valence-electron chi connectivity index (χ0n) is 18.8. The minimum Gasteiger partial charge on any atom is -0.295 e. The molecule has 0 heterocycles. The number of benzene rings is 2. The smallest absolute Gasteiger partial charge is 0.159 e. The summed E-state index contributed by atoms with van der Waals surface area (Å²) in [6.07, 6.45) is 13.2. The van der Waals surface area contributed by atoms with Crippen molar-refractivity contribution in [1.29, 1.82) is 0 Å². The average molecular weight is 399 g/mol. The molecule has 1 heteroatoms. The zero-order chi connectivity index (χ0) is 21.7. The van der Waals surface area contributed by atoms with Gasteiger partial charge in [0.1, 0.15) is 0 Å². The van der Waals surface area contributed by atoms with E-state index in [0.717, 1.165) is 18.4 Å². The minimum atomic E-state index is 0.215. The summed E-state index contributed by atoms with van der Waals surface area (Å²) in [5.41, 5.74) is 4.58. The number of Topliss-reactive ketones (excluding diaryl/α,β-unsaturated/α-hetero) is 1. The van der Waals surface area contributed by atoms with Crippen LogP contribution in [0.2, 0.25) is 0 Å². The largest absolute Gasteiger partial charge is 0.295 e. The van der Waals surface area contributed by atoms with Crippen molar-refractivity contribution < 1.29 is 4.79 Å². The Bertz CT molecular complexity index is 1010. The van der Waals surface area contributed by atoms with Crippen LogP contribution in [0.5, 0.6) is 0 Å². The first-order valence-corrected chi connectivity index (χ1v) is 11.2. The van der Waals surface area contributed by atoms with Crippen molar-refractivity contribution in [1.82, 2.24) is 0 Å². The van der Waals surface area contributed by atoms with Gasteiger partial charge in [-0.15, -0.1) is 0 Å². The van der Waals surface area contributed by atoms with Crippen molar-refractivity contribution in [3.05, 3.63) is 89.6 Å². The highest BCUT2D eigenvalue weighted by molar-refractivity contribution is 5.96. The third kappa shape index (κ3) is 4.73. The van der Waals surface area contributed by atoms with Gasteiger partial charge in [-0.25, -0.2) is 0 Å². The molecule has 0 radical (unpaired) electrons. The first kappa shape index (κ1) is 22.0. The van der Waals surface area contributed by atoms with Crippen LogP contribution in [0.4, 0.5) is 0 Å². The molecule has 2 unspecified atom stereocenters. The summed E-state index contributed by atoms with van der Waals surface area (Å²) < 4.78 is 0. The van der Waals surface area contributed by atoms with Gasteiger partial charge in [0.25, 0.3) is 0 Å². The molecule has 0 N–H and O–H groups in total. The minimum absolute atomic E-state index is 0.215. The van der Waals surface area contributed by atoms with Crippen molar-refractivity contribution in [3.8, 4) is 0 Å². The number of carbonyl (C=O) groups is 1. The van der Waals surface area contributed by atoms with Crippen LogP contribution in [-0.2, 0) is 4.79 Å². The molecule has 1 aliphatic carbocycles. The molecule has 0 saturated carbocycles. The Balaban J connectivity index is 1.85. The highest BCUT2D eigenvalue weighted by Gasteiger charge is 2.26. The fourth-order valence-electron chi connectivity index (χ4n) is 4.52. The molecule has 0 aliphatic heterocycles. The Kier molecular flexibility index (Phi) is 7.26. The SMILES string of the molecule is C=CC(=CC=C(C)C(=O)CC1c2cc3ccccc3cc2C=CC1C)C(CC)CC. The normalized spacial score (nSPS) is 19.2. The molecule has 0 aromatic heterocycles. The van der Waals surface area contributed by atoms with Gasteiger partial charge in [-0.2, -0.15) is 0 Å². The second-order valence-electron chi connectivity index (χ2n) is 8.51. The highest BCUT2D eigenvalue weighted by Crippen LogP contribution is 2.39. The Morgan fingerprint density at radius 1 is 1.10 bits per heavy atom. The second kappa shape index (κ2) is 9.89. The third-order valence-corrected chi connectivity index (χ3v) is 6.63. The maximum atomic E-state index is 13.1. The molecule has 0 saturated heterocycles. The molecule has 156 valence electrons. The van der Waals surface area contributed by atoms with Crippen molar-refractivity contribution in [2.75, 3.05) is 0 Å². The summed E-state index contributed by atoms with van der Waals surface area (Å²) in [4.78, 5) is 13.1. The molecule has 0 spiro atoms. The Morgan fingerprint density at radius 2 is 1.77 bits per heavy atom. The van der Waals surface area contributed by atoms with Gasteiger partial charge in [0.05, 0.1) is 0 Å². The van der Waals surface area contributed by atoms with Crippen LogP contribution >= 0.6 is 0 Å². The van der Waals surface area contributed by atoms with E-state index in [0.29, 0.717) is 18.3 Å². The summed E-state index contributed by atoms with van der Waals surface area (Å²) in [6, 6.07) is 13.0. The second-order valence-corrected chi connectivity index (χ2v) is 8.51.